The Morgan fingerprint density at radius 2 is 1.82 bits per heavy atom. The third-order valence-electron chi connectivity index (χ3n) is 6.78. The minimum absolute atomic E-state index is 0.0556. The number of carbonyl (C=O) groups is 2. The first-order valence-corrected chi connectivity index (χ1v) is 15.0. The second kappa shape index (κ2) is 12.2. The van der Waals surface area contributed by atoms with Crippen molar-refractivity contribution in [1.29, 1.82) is 0 Å². The van der Waals surface area contributed by atoms with Gasteiger partial charge < -0.3 is 14.5 Å². The summed E-state index contributed by atoms with van der Waals surface area (Å²) in [6.07, 6.45) is 3.59. The molecule has 0 radical (unpaired) electrons. The molecule has 2 aromatic carbocycles. The van der Waals surface area contributed by atoms with Crippen LogP contribution in [0, 0.1) is 0 Å². The highest BCUT2D eigenvalue weighted by Crippen LogP contribution is 2.24. The number of rotatable bonds is 10. The standard InChI is InChI=1S/C29H35ClN4O5S/c1-20(27(35)33(15-16-39-29(2,3)4)19-21-9-12-31-13-10-21)34-14-11-26(28(34)36)32-40(37,38)25-8-6-22-17-24(30)7-5-23(22)18-25/h5-10,12-13,17-18,20,26,32H,11,14-16,19H2,1-4H3. The topological polar surface area (TPSA) is 109 Å². The Hall–Kier alpha value is -3.05. The number of ether oxygens (including phenoxy) is 1. The predicted octanol–water partition coefficient (Wildman–Crippen LogP) is 4.00. The zero-order valence-corrected chi connectivity index (χ0v) is 24.7. The summed E-state index contributed by atoms with van der Waals surface area (Å²) in [5.74, 6) is -0.661. The molecule has 1 saturated heterocycles. The Kier molecular flexibility index (Phi) is 9.14. The number of nitrogens with one attached hydrogen (secondary N) is 1. The highest BCUT2D eigenvalue weighted by molar-refractivity contribution is 7.89. The van der Waals surface area contributed by atoms with E-state index in [1.165, 1.54) is 11.0 Å². The van der Waals surface area contributed by atoms with Gasteiger partial charge in [0, 0.05) is 37.1 Å². The number of hydrogen-bond acceptors (Lipinski definition) is 6. The van der Waals surface area contributed by atoms with E-state index < -0.39 is 28.0 Å². The fourth-order valence-electron chi connectivity index (χ4n) is 4.65. The van der Waals surface area contributed by atoms with Crippen LogP contribution in [0.3, 0.4) is 0 Å². The van der Waals surface area contributed by atoms with Gasteiger partial charge in [-0.1, -0.05) is 23.7 Å². The van der Waals surface area contributed by atoms with E-state index in [4.69, 9.17) is 16.3 Å². The molecule has 0 aliphatic carbocycles. The lowest BCUT2D eigenvalue weighted by Gasteiger charge is -2.31. The summed E-state index contributed by atoms with van der Waals surface area (Å²) >= 11 is 6.03. The molecule has 0 spiro atoms. The number of benzene rings is 2. The zero-order chi connectivity index (χ0) is 29.1. The van der Waals surface area contributed by atoms with Crippen LogP contribution in [0.2, 0.25) is 5.02 Å². The molecule has 1 N–H and O–H groups in total. The lowest BCUT2D eigenvalue weighted by molar-refractivity contribution is -0.144. The van der Waals surface area contributed by atoms with Gasteiger partial charge in [0.1, 0.15) is 12.1 Å². The molecule has 2 heterocycles. The Morgan fingerprint density at radius 1 is 1.15 bits per heavy atom. The van der Waals surface area contributed by atoms with Crippen LogP contribution in [0.4, 0.5) is 0 Å². The second-order valence-corrected chi connectivity index (χ2v) is 13.0. The minimum Gasteiger partial charge on any atom is -0.374 e. The maximum atomic E-state index is 13.6. The normalized spacial score (nSPS) is 16.9. The molecular formula is C29H35ClN4O5S. The minimum atomic E-state index is -3.98. The summed E-state index contributed by atoms with van der Waals surface area (Å²) in [6, 6.07) is 11.8. The number of likely N-dealkylation sites (tertiary alicyclic amines) is 1. The van der Waals surface area contributed by atoms with Gasteiger partial charge in [-0.15, -0.1) is 0 Å². The van der Waals surface area contributed by atoms with E-state index in [0.717, 1.165) is 16.3 Å². The molecule has 0 saturated carbocycles. The molecule has 11 heteroatoms. The van der Waals surface area contributed by atoms with Crippen molar-refractivity contribution in [2.45, 2.75) is 63.2 Å². The Balaban J connectivity index is 1.45. The highest BCUT2D eigenvalue weighted by atomic mass is 35.5. The zero-order valence-electron chi connectivity index (χ0n) is 23.1. The van der Waals surface area contributed by atoms with Crippen LogP contribution in [-0.2, 0) is 30.9 Å². The van der Waals surface area contributed by atoms with E-state index in [2.05, 4.69) is 9.71 Å². The molecule has 3 aromatic rings. The number of fused-ring (bicyclic) bond motifs is 1. The number of amides is 2. The summed E-state index contributed by atoms with van der Waals surface area (Å²) < 4.78 is 34.7. The number of carbonyl (C=O) groups excluding carboxylic acids is 2. The molecule has 9 nitrogen and oxygen atoms in total. The number of halogens is 1. The van der Waals surface area contributed by atoms with Crippen molar-refractivity contribution in [2.75, 3.05) is 19.7 Å². The van der Waals surface area contributed by atoms with E-state index in [9.17, 15) is 18.0 Å². The molecule has 2 amide bonds. The van der Waals surface area contributed by atoms with Crippen LogP contribution in [0.15, 0.2) is 65.8 Å². The maximum absolute atomic E-state index is 13.6. The van der Waals surface area contributed by atoms with Gasteiger partial charge in [0.25, 0.3) is 0 Å². The SMILES string of the molecule is CC(C(=O)N(CCOC(C)(C)C)Cc1ccncc1)N1CCC(NS(=O)(=O)c2ccc3cc(Cl)ccc3c2)C1=O. The molecule has 214 valence electrons. The van der Waals surface area contributed by atoms with Gasteiger partial charge in [-0.3, -0.25) is 14.6 Å². The first-order valence-electron chi connectivity index (χ1n) is 13.2. The van der Waals surface area contributed by atoms with E-state index in [0.29, 0.717) is 24.7 Å². The number of nitrogens with zero attached hydrogens (tertiary/aromatic N) is 3. The van der Waals surface area contributed by atoms with E-state index in [1.807, 2.05) is 32.9 Å². The van der Waals surface area contributed by atoms with Crippen LogP contribution >= 0.6 is 11.6 Å². The Morgan fingerprint density at radius 3 is 2.52 bits per heavy atom. The first kappa shape index (κ1) is 29.9. The Bertz CT molecular complexity index is 1480. The van der Waals surface area contributed by atoms with Gasteiger partial charge in [0.2, 0.25) is 21.8 Å². The number of aromatic nitrogens is 1. The molecule has 40 heavy (non-hydrogen) atoms. The predicted molar refractivity (Wildman–Crippen MR) is 154 cm³/mol. The summed E-state index contributed by atoms with van der Waals surface area (Å²) in [7, 11) is -3.98. The smallest absolute Gasteiger partial charge is 0.245 e. The van der Waals surface area contributed by atoms with E-state index >= 15 is 0 Å². The largest absolute Gasteiger partial charge is 0.374 e. The van der Waals surface area contributed by atoms with Crippen LogP contribution in [0.1, 0.15) is 39.7 Å². The lowest BCUT2D eigenvalue weighted by Crippen LogP contribution is -2.50. The molecule has 1 aliphatic rings. The molecule has 1 aliphatic heterocycles. The number of hydrogen-bond donors (Lipinski definition) is 1. The quantitative estimate of drug-likeness (QED) is 0.385. The Labute approximate surface area is 240 Å². The maximum Gasteiger partial charge on any atom is 0.245 e. The van der Waals surface area contributed by atoms with Gasteiger partial charge in [-0.25, -0.2) is 8.42 Å². The van der Waals surface area contributed by atoms with Gasteiger partial charge in [-0.2, -0.15) is 4.72 Å². The average Bonchev–Trinajstić information content (AvgIpc) is 3.25. The fourth-order valence-corrected chi connectivity index (χ4v) is 6.09. The third kappa shape index (κ3) is 7.37. The van der Waals surface area contributed by atoms with Gasteiger partial charge in [-0.05, 0) is 86.8 Å². The van der Waals surface area contributed by atoms with Crippen molar-refractivity contribution in [1.82, 2.24) is 19.5 Å². The molecular weight excluding hydrogens is 552 g/mol. The van der Waals surface area contributed by atoms with E-state index in [1.54, 1.807) is 54.5 Å². The monoisotopic (exact) mass is 586 g/mol. The van der Waals surface area contributed by atoms with Gasteiger partial charge in [0.05, 0.1) is 17.1 Å². The van der Waals surface area contributed by atoms with Crippen molar-refractivity contribution >= 4 is 44.2 Å². The van der Waals surface area contributed by atoms with Crippen molar-refractivity contribution in [2.24, 2.45) is 0 Å². The molecule has 2 unspecified atom stereocenters. The number of sulfonamides is 1. The molecule has 0 bridgehead atoms. The fraction of sp³-hybridized carbons (Fsp3) is 0.414. The van der Waals surface area contributed by atoms with Gasteiger partial charge in [0.15, 0.2) is 0 Å². The average molecular weight is 587 g/mol. The van der Waals surface area contributed by atoms with Crippen molar-refractivity contribution < 1.29 is 22.7 Å². The van der Waals surface area contributed by atoms with Crippen LogP contribution in [0.5, 0.6) is 0 Å². The molecule has 1 fully saturated rings. The van der Waals surface area contributed by atoms with Gasteiger partial charge >= 0.3 is 0 Å². The molecule has 2 atom stereocenters. The highest BCUT2D eigenvalue weighted by Gasteiger charge is 2.40. The number of pyridine rings is 1. The van der Waals surface area contributed by atoms with Crippen LogP contribution in [0.25, 0.3) is 10.8 Å². The molecule has 1 aromatic heterocycles. The third-order valence-corrected chi connectivity index (χ3v) is 8.48. The summed E-state index contributed by atoms with van der Waals surface area (Å²) in [5, 5.41) is 2.09. The second-order valence-electron chi connectivity index (χ2n) is 10.9. The molecule has 4 rings (SSSR count). The lowest BCUT2D eigenvalue weighted by atomic mass is 10.1. The van der Waals surface area contributed by atoms with Crippen molar-refractivity contribution in [3.05, 3.63) is 71.5 Å². The van der Waals surface area contributed by atoms with E-state index in [-0.39, 0.29) is 29.4 Å². The summed E-state index contributed by atoms with van der Waals surface area (Å²) in [6.45, 7) is 8.79. The van der Waals surface area contributed by atoms with Crippen molar-refractivity contribution in [3.63, 3.8) is 0 Å². The summed E-state index contributed by atoms with van der Waals surface area (Å²) in [5.41, 5.74) is 0.548. The first-order chi connectivity index (χ1) is 18.8. The van der Waals surface area contributed by atoms with Crippen LogP contribution in [-0.4, -0.2) is 72.4 Å². The van der Waals surface area contributed by atoms with Crippen LogP contribution < -0.4 is 4.72 Å². The van der Waals surface area contributed by atoms with Crippen molar-refractivity contribution in [3.8, 4) is 0 Å². The summed E-state index contributed by atoms with van der Waals surface area (Å²) in [4.78, 5) is 34.1.